The molecule has 2 fully saturated rings. The molecule has 2 rings (SSSR count). The summed E-state index contributed by atoms with van der Waals surface area (Å²) in [6.07, 6.45) is 1.03. The van der Waals surface area contributed by atoms with Crippen LogP contribution in [0.15, 0.2) is 0 Å². The summed E-state index contributed by atoms with van der Waals surface area (Å²) in [7, 11) is 0. The predicted octanol–water partition coefficient (Wildman–Crippen LogP) is -0.343. The third kappa shape index (κ3) is 1.58. The van der Waals surface area contributed by atoms with Crippen LogP contribution in [-0.4, -0.2) is 38.0 Å². The van der Waals surface area contributed by atoms with E-state index in [9.17, 15) is 0 Å². The second kappa shape index (κ2) is 3.02. The molecular formula is C8H12N2O2. The number of nitrogens with zero attached hydrogens (tertiary/aromatic N) is 1. The van der Waals surface area contributed by atoms with Gasteiger partial charge in [0.1, 0.15) is 5.54 Å². The van der Waals surface area contributed by atoms with Crippen LogP contribution in [0.5, 0.6) is 0 Å². The third-order valence-corrected chi connectivity index (χ3v) is 2.25. The van der Waals surface area contributed by atoms with Crippen LogP contribution in [0.25, 0.3) is 0 Å². The van der Waals surface area contributed by atoms with E-state index in [0.717, 1.165) is 19.6 Å². The molecule has 1 N–H and O–H groups in total. The van der Waals surface area contributed by atoms with Crippen molar-refractivity contribution in [2.45, 2.75) is 18.1 Å². The number of ether oxygens (including phenoxy) is 2. The van der Waals surface area contributed by atoms with Gasteiger partial charge >= 0.3 is 0 Å². The van der Waals surface area contributed by atoms with Gasteiger partial charge in [-0.25, -0.2) is 0 Å². The molecule has 66 valence electrons. The Hall–Kier alpha value is -0.630. The first kappa shape index (κ1) is 7.99. The molecule has 2 atom stereocenters. The number of nitrogens with one attached hydrogen (secondary N) is 1. The molecule has 2 saturated heterocycles. The van der Waals surface area contributed by atoms with E-state index in [1.54, 1.807) is 0 Å². The van der Waals surface area contributed by atoms with E-state index in [4.69, 9.17) is 14.7 Å². The van der Waals surface area contributed by atoms with Crippen molar-refractivity contribution in [3.63, 3.8) is 0 Å². The molecule has 0 aromatic carbocycles. The van der Waals surface area contributed by atoms with E-state index in [2.05, 4.69) is 11.4 Å². The second-order valence-electron chi connectivity index (χ2n) is 3.33. The van der Waals surface area contributed by atoms with Crippen LogP contribution in [0.3, 0.4) is 0 Å². The van der Waals surface area contributed by atoms with Gasteiger partial charge in [-0.1, -0.05) is 0 Å². The Morgan fingerprint density at radius 2 is 2.50 bits per heavy atom. The summed E-state index contributed by atoms with van der Waals surface area (Å²) in [4.78, 5) is 0. The Morgan fingerprint density at radius 1 is 1.67 bits per heavy atom. The number of morpholine rings is 1. The molecule has 0 spiro atoms. The zero-order valence-electron chi connectivity index (χ0n) is 6.88. The van der Waals surface area contributed by atoms with E-state index >= 15 is 0 Å². The first-order valence-electron chi connectivity index (χ1n) is 4.20. The fourth-order valence-electron chi connectivity index (χ4n) is 1.48. The molecule has 4 nitrogen and oxygen atoms in total. The van der Waals surface area contributed by atoms with E-state index in [-0.39, 0.29) is 6.10 Å². The molecule has 0 aliphatic carbocycles. The summed E-state index contributed by atoms with van der Waals surface area (Å²) in [6, 6.07) is 2.27. The molecule has 2 heterocycles. The molecule has 2 aliphatic rings. The fraction of sp³-hybridized carbons (Fsp3) is 0.875. The van der Waals surface area contributed by atoms with Gasteiger partial charge in [-0.2, -0.15) is 5.26 Å². The van der Waals surface area contributed by atoms with Gasteiger partial charge < -0.3 is 9.47 Å². The molecule has 0 amide bonds. The molecule has 0 saturated carbocycles. The monoisotopic (exact) mass is 168 g/mol. The Labute approximate surface area is 71.5 Å². The summed E-state index contributed by atoms with van der Waals surface area (Å²) in [6.45, 7) is 2.75. The average molecular weight is 168 g/mol. The number of hydrogen-bond acceptors (Lipinski definition) is 4. The molecule has 0 radical (unpaired) electrons. The van der Waals surface area contributed by atoms with Crippen molar-refractivity contribution in [1.82, 2.24) is 5.32 Å². The summed E-state index contributed by atoms with van der Waals surface area (Å²) in [5, 5.41) is 12.2. The summed E-state index contributed by atoms with van der Waals surface area (Å²) >= 11 is 0. The predicted molar refractivity (Wildman–Crippen MR) is 41.5 cm³/mol. The van der Waals surface area contributed by atoms with Crippen LogP contribution in [0.4, 0.5) is 0 Å². The van der Waals surface area contributed by atoms with Crippen LogP contribution in [0.2, 0.25) is 0 Å². The SMILES string of the molecule is N#CC1(CC2CO2)COCCN1. The summed E-state index contributed by atoms with van der Waals surface area (Å²) in [5.41, 5.74) is -0.487. The van der Waals surface area contributed by atoms with Crippen LogP contribution >= 0.6 is 0 Å². The van der Waals surface area contributed by atoms with E-state index in [1.165, 1.54) is 0 Å². The highest BCUT2D eigenvalue weighted by Crippen LogP contribution is 2.23. The van der Waals surface area contributed by atoms with Crippen molar-refractivity contribution in [3.8, 4) is 6.07 Å². The van der Waals surface area contributed by atoms with Crippen LogP contribution < -0.4 is 5.32 Å². The molecule has 2 unspecified atom stereocenters. The minimum atomic E-state index is -0.487. The van der Waals surface area contributed by atoms with Crippen LogP contribution in [0.1, 0.15) is 6.42 Å². The largest absolute Gasteiger partial charge is 0.377 e. The van der Waals surface area contributed by atoms with Crippen molar-refractivity contribution in [2.75, 3.05) is 26.4 Å². The van der Waals surface area contributed by atoms with E-state index in [0.29, 0.717) is 13.2 Å². The first-order valence-corrected chi connectivity index (χ1v) is 4.20. The summed E-state index contributed by atoms with van der Waals surface area (Å²) < 4.78 is 10.4. The summed E-state index contributed by atoms with van der Waals surface area (Å²) in [5.74, 6) is 0. The highest BCUT2D eigenvalue weighted by molar-refractivity contribution is 5.10. The second-order valence-corrected chi connectivity index (χ2v) is 3.33. The quantitative estimate of drug-likeness (QED) is 0.573. The van der Waals surface area contributed by atoms with Crippen molar-refractivity contribution in [2.24, 2.45) is 0 Å². The molecule has 4 heteroatoms. The minimum Gasteiger partial charge on any atom is -0.377 e. The Kier molecular flexibility index (Phi) is 2.01. The van der Waals surface area contributed by atoms with Crippen molar-refractivity contribution >= 4 is 0 Å². The minimum absolute atomic E-state index is 0.277. The maximum Gasteiger partial charge on any atom is 0.132 e. The molecule has 0 aromatic heterocycles. The molecule has 0 bridgehead atoms. The maximum atomic E-state index is 8.97. The fourth-order valence-corrected chi connectivity index (χ4v) is 1.48. The van der Waals surface area contributed by atoms with Crippen molar-refractivity contribution in [3.05, 3.63) is 0 Å². The average Bonchev–Trinajstić information content (AvgIpc) is 2.90. The molecular weight excluding hydrogens is 156 g/mol. The van der Waals surface area contributed by atoms with Gasteiger partial charge in [-0.05, 0) is 0 Å². The van der Waals surface area contributed by atoms with E-state index in [1.807, 2.05) is 0 Å². The van der Waals surface area contributed by atoms with Crippen molar-refractivity contribution in [1.29, 1.82) is 5.26 Å². The normalized spacial score (nSPS) is 40.4. The van der Waals surface area contributed by atoms with Gasteiger partial charge in [-0.3, -0.25) is 5.32 Å². The lowest BCUT2D eigenvalue weighted by atomic mass is 9.95. The lowest BCUT2D eigenvalue weighted by Gasteiger charge is -2.31. The van der Waals surface area contributed by atoms with Crippen LogP contribution in [-0.2, 0) is 9.47 Å². The number of hydrogen-bond donors (Lipinski definition) is 1. The van der Waals surface area contributed by atoms with Gasteiger partial charge in [0.2, 0.25) is 0 Å². The van der Waals surface area contributed by atoms with E-state index < -0.39 is 5.54 Å². The number of nitriles is 1. The third-order valence-electron chi connectivity index (χ3n) is 2.25. The molecule has 0 aromatic rings. The first-order chi connectivity index (χ1) is 5.85. The molecule has 12 heavy (non-hydrogen) atoms. The zero-order valence-corrected chi connectivity index (χ0v) is 6.88. The highest BCUT2D eigenvalue weighted by atomic mass is 16.6. The lowest BCUT2D eigenvalue weighted by molar-refractivity contribution is 0.0444. The number of epoxide rings is 1. The smallest absolute Gasteiger partial charge is 0.132 e. The zero-order chi connectivity index (χ0) is 8.44. The Balaban J connectivity index is 1.96. The maximum absolute atomic E-state index is 8.97. The Bertz CT molecular complexity index is 202. The Morgan fingerprint density at radius 3 is 3.00 bits per heavy atom. The highest BCUT2D eigenvalue weighted by Gasteiger charge is 2.39. The van der Waals surface area contributed by atoms with Gasteiger partial charge in [0, 0.05) is 13.0 Å². The van der Waals surface area contributed by atoms with Gasteiger partial charge in [-0.15, -0.1) is 0 Å². The van der Waals surface area contributed by atoms with Gasteiger partial charge in [0.15, 0.2) is 0 Å². The number of rotatable bonds is 2. The molecule has 2 aliphatic heterocycles. The lowest BCUT2D eigenvalue weighted by Crippen LogP contribution is -2.54. The van der Waals surface area contributed by atoms with Crippen LogP contribution in [0, 0.1) is 11.3 Å². The standard InChI is InChI=1S/C8H12N2O2/c9-5-8(3-7-4-12-7)6-11-2-1-10-8/h7,10H,1-4,6H2. The van der Waals surface area contributed by atoms with Gasteiger partial charge in [0.25, 0.3) is 0 Å². The van der Waals surface area contributed by atoms with Crippen molar-refractivity contribution < 1.29 is 9.47 Å². The van der Waals surface area contributed by atoms with Gasteiger partial charge in [0.05, 0.1) is 32.0 Å². The topological polar surface area (TPSA) is 57.6 Å².